The molecule has 0 bridgehead atoms. The molecule has 2 aromatic rings. The van der Waals surface area contributed by atoms with Crippen LogP contribution in [0.4, 0.5) is 10.1 Å². The molecule has 0 aliphatic rings. The van der Waals surface area contributed by atoms with Crippen molar-refractivity contribution in [3.63, 3.8) is 0 Å². The van der Waals surface area contributed by atoms with Crippen molar-refractivity contribution in [3.8, 4) is 6.07 Å². The standard InChI is InChI=1S/C12H8FN3O2S/c13-8-1-2-10(7(3-8)4-14)15-5-9-6-19-11(16-9)12(17)18/h1-3,6,15H,5H2,(H,17,18). The molecule has 1 aromatic carbocycles. The number of hydrogen-bond donors (Lipinski definition) is 2. The minimum Gasteiger partial charge on any atom is -0.476 e. The smallest absolute Gasteiger partial charge is 0.365 e. The van der Waals surface area contributed by atoms with Crippen LogP contribution in [0.25, 0.3) is 0 Å². The van der Waals surface area contributed by atoms with Gasteiger partial charge < -0.3 is 10.4 Å². The molecule has 0 aliphatic heterocycles. The number of nitriles is 1. The molecule has 1 aromatic heterocycles. The Labute approximate surface area is 112 Å². The Morgan fingerprint density at radius 2 is 2.37 bits per heavy atom. The Hall–Kier alpha value is -2.46. The third-order valence-corrected chi connectivity index (χ3v) is 3.18. The second-order valence-electron chi connectivity index (χ2n) is 3.60. The summed E-state index contributed by atoms with van der Waals surface area (Å²) in [6.45, 7) is 0.268. The van der Waals surface area contributed by atoms with Gasteiger partial charge in [-0.1, -0.05) is 0 Å². The summed E-state index contributed by atoms with van der Waals surface area (Å²) in [5, 5.41) is 22.2. The molecule has 0 saturated carbocycles. The highest BCUT2D eigenvalue weighted by Gasteiger charge is 2.09. The molecule has 0 radical (unpaired) electrons. The van der Waals surface area contributed by atoms with Crippen LogP contribution in [0.5, 0.6) is 0 Å². The third-order valence-electron chi connectivity index (χ3n) is 2.30. The van der Waals surface area contributed by atoms with E-state index in [1.54, 1.807) is 5.38 Å². The van der Waals surface area contributed by atoms with Gasteiger partial charge in [-0.15, -0.1) is 11.3 Å². The van der Waals surface area contributed by atoms with E-state index in [0.29, 0.717) is 11.4 Å². The highest BCUT2D eigenvalue weighted by Crippen LogP contribution is 2.17. The molecule has 0 atom stereocenters. The van der Waals surface area contributed by atoms with Gasteiger partial charge in [-0.25, -0.2) is 14.2 Å². The zero-order valence-corrected chi connectivity index (χ0v) is 10.4. The molecule has 0 amide bonds. The summed E-state index contributed by atoms with van der Waals surface area (Å²) in [5.41, 5.74) is 1.22. The van der Waals surface area contributed by atoms with Crippen molar-refractivity contribution in [2.45, 2.75) is 6.54 Å². The van der Waals surface area contributed by atoms with Crippen molar-refractivity contribution in [3.05, 3.63) is 45.7 Å². The van der Waals surface area contributed by atoms with Gasteiger partial charge in [0.1, 0.15) is 11.9 Å². The molecule has 0 aliphatic carbocycles. The van der Waals surface area contributed by atoms with E-state index in [1.807, 2.05) is 6.07 Å². The van der Waals surface area contributed by atoms with Gasteiger partial charge in [-0.05, 0) is 18.2 Å². The Balaban J connectivity index is 2.10. The Morgan fingerprint density at radius 1 is 1.58 bits per heavy atom. The monoisotopic (exact) mass is 277 g/mol. The lowest BCUT2D eigenvalue weighted by Crippen LogP contribution is -2.03. The Kier molecular flexibility index (Phi) is 3.73. The van der Waals surface area contributed by atoms with Gasteiger partial charge >= 0.3 is 5.97 Å². The van der Waals surface area contributed by atoms with Crippen LogP contribution in [-0.2, 0) is 6.54 Å². The normalized spacial score (nSPS) is 9.89. The van der Waals surface area contributed by atoms with E-state index in [2.05, 4.69) is 10.3 Å². The van der Waals surface area contributed by atoms with E-state index in [1.165, 1.54) is 12.1 Å². The third kappa shape index (κ3) is 3.05. The number of carboxylic acid groups (broad SMARTS) is 1. The maximum absolute atomic E-state index is 12.9. The summed E-state index contributed by atoms with van der Waals surface area (Å²) in [6, 6.07) is 5.71. The number of hydrogen-bond acceptors (Lipinski definition) is 5. The fraction of sp³-hybridized carbons (Fsp3) is 0.0833. The molecule has 5 nitrogen and oxygen atoms in total. The molecule has 0 saturated heterocycles. The van der Waals surface area contributed by atoms with Crippen LogP contribution < -0.4 is 5.32 Å². The maximum Gasteiger partial charge on any atom is 0.365 e. The van der Waals surface area contributed by atoms with Gasteiger partial charge in [0.2, 0.25) is 5.01 Å². The van der Waals surface area contributed by atoms with Gasteiger partial charge in [-0.3, -0.25) is 0 Å². The van der Waals surface area contributed by atoms with Gasteiger partial charge in [0.15, 0.2) is 0 Å². The number of aromatic carboxylic acids is 1. The van der Waals surface area contributed by atoms with Crippen LogP contribution in [-0.4, -0.2) is 16.1 Å². The number of nitrogens with one attached hydrogen (secondary N) is 1. The second kappa shape index (κ2) is 5.46. The van der Waals surface area contributed by atoms with E-state index in [9.17, 15) is 9.18 Å². The number of carboxylic acids is 1. The predicted octanol–water partition coefficient (Wildman–Crippen LogP) is 2.46. The largest absolute Gasteiger partial charge is 0.476 e. The zero-order chi connectivity index (χ0) is 13.8. The van der Waals surface area contributed by atoms with Crippen molar-refractivity contribution in [1.29, 1.82) is 5.26 Å². The highest BCUT2D eigenvalue weighted by molar-refractivity contribution is 7.11. The quantitative estimate of drug-likeness (QED) is 0.896. The van der Waals surface area contributed by atoms with Crippen molar-refractivity contribution in [2.24, 2.45) is 0 Å². The van der Waals surface area contributed by atoms with Gasteiger partial charge in [0, 0.05) is 5.38 Å². The molecule has 0 fully saturated rings. The fourth-order valence-corrected chi connectivity index (χ4v) is 2.09. The maximum atomic E-state index is 12.9. The first-order valence-electron chi connectivity index (χ1n) is 5.21. The number of aromatic nitrogens is 1. The van der Waals surface area contributed by atoms with Crippen LogP contribution in [0.15, 0.2) is 23.6 Å². The summed E-state index contributed by atoms with van der Waals surface area (Å²) in [7, 11) is 0. The lowest BCUT2D eigenvalue weighted by Gasteiger charge is -2.06. The van der Waals surface area contributed by atoms with Crippen LogP contribution in [0.2, 0.25) is 0 Å². The summed E-state index contributed by atoms with van der Waals surface area (Å²) < 4.78 is 12.9. The number of carbonyl (C=O) groups is 1. The minimum atomic E-state index is -1.07. The molecule has 0 unspecified atom stereocenters. The topological polar surface area (TPSA) is 86.0 Å². The average Bonchev–Trinajstić information content (AvgIpc) is 2.86. The number of halogens is 1. The van der Waals surface area contributed by atoms with Crippen molar-refractivity contribution < 1.29 is 14.3 Å². The van der Waals surface area contributed by atoms with Crippen LogP contribution in [0.3, 0.4) is 0 Å². The molecule has 2 N–H and O–H groups in total. The SMILES string of the molecule is N#Cc1cc(F)ccc1NCc1csc(C(=O)O)n1. The number of rotatable bonds is 4. The second-order valence-corrected chi connectivity index (χ2v) is 4.46. The molecular weight excluding hydrogens is 269 g/mol. The number of benzene rings is 1. The summed E-state index contributed by atoms with van der Waals surface area (Å²) in [4.78, 5) is 14.6. The van der Waals surface area contributed by atoms with Crippen LogP contribution in [0, 0.1) is 17.1 Å². The Morgan fingerprint density at radius 3 is 3.00 bits per heavy atom. The first-order chi connectivity index (χ1) is 9.10. The summed E-state index contributed by atoms with van der Waals surface area (Å²) in [6.07, 6.45) is 0. The van der Waals surface area contributed by atoms with Gasteiger partial charge in [-0.2, -0.15) is 5.26 Å². The van der Waals surface area contributed by atoms with E-state index in [4.69, 9.17) is 10.4 Å². The molecular formula is C12H8FN3O2S. The molecule has 2 rings (SSSR count). The van der Waals surface area contributed by atoms with E-state index >= 15 is 0 Å². The number of thiazole rings is 1. The van der Waals surface area contributed by atoms with Crippen LogP contribution in [0.1, 0.15) is 21.1 Å². The van der Waals surface area contributed by atoms with E-state index in [0.717, 1.165) is 17.4 Å². The predicted molar refractivity (Wildman–Crippen MR) is 67.5 cm³/mol. The molecule has 19 heavy (non-hydrogen) atoms. The summed E-state index contributed by atoms with van der Waals surface area (Å²) in [5.74, 6) is -1.56. The first kappa shape index (κ1) is 13.0. The molecule has 96 valence electrons. The highest BCUT2D eigenvalue weighted by atomic mass is 32.1. The number of nitrogens with zero attached hydrogens (tertiary/aromatic N) is 2. The zero-order valence-electron chi connectivity index (χ0n) is 9.55. The molecule has 7 heteroatoms. The molecule has 0 spiro atoms. The van der Waals surface area contributed by atoms with E-state index in [-0.39, 0.29) is 17.1 Å². The van der Waals surface area contributed by atoms with Gasteiger partial charge in [0.25, 0.3) is 0 Å². The summed E-state index contributed by atoms with van der Waals surface area (Å²) >= 11 is 1.03. The van der Waals surface area contributed by atoms with Crippen molar-refractivity contribution in [2.75, 3.05) is 5.32 Å². The van der Waals surface area contributed by atoms with Crippen molar-refractivity contribution in [1.82, 2.24) is 4.98 Å². The fourth-order valence-electron chi connectivity index (χ4n) is 1.44. The van der Waals surface area contributed by atoms with Gasteiger partial charge in [0.05, 0.1) is 23.5 Å². The lowest BCUT2D eigenvalue weighted by molar-refractivity contribution is 0.0696. The minimum absolute atomic E-state index is 0.0106. The first-order valence-corrected chi connectivity index (χ1v) is 6.09. The molecule has 1 heterocycles. The van der Waals surface area contributed by atoms with Crippen LogP contribution >= 0.6 is 11.3 Å². The average molecular weight is 277 g/mol. The lowest BCUT2D eigenvalue weighted by atomic mass is 10.2. The number of anilines is 1. The Bertz CT molecular complexity index is 663. The van der Waals surface area contributed by atoms with Crippen molar-refractivity contribution >= 4 is 23.0 Å². The van der Waals surface area contributed by atoms with E-state index < -0.39 is 11.8 Å².